The maximum Gasteiger partial charge on any atom is 0.220 e. The fourth-order valence-electron chi connectivity index (χ4n) is 3.58. The number of carbonyl (C=O) groups is 1. The highest BCUT2D eigenvalue weighted by Gasteiger charge is 2.18. The molecule has 2 aliphatic heterocycles. The number of hydrogen-bond acceptors (Lipinski definition) is 4. The van der Waals surface area contributed by atoms with Crippen LogP contribution in [0.15, 0.2) is 53.5 Å². The minimum absolute atomic E-state index is 0.0890. The van der Waals surface area contributed by atoms with Crippen LogP contribution in [0.1, 0.15) is 30.4 Å². The zero-order valence-corrected chi connectivity index (χ0v) is 15.3. The lowest BCUT2D eigenvalue weighted by atomic mass is 9.96. The van der Waals surface area contributed by atoms with Crippen molar-refractivity contribution < 1.29 is 4.79 Å². The molecule has 2 aromatic rings. The maximum atomic E-state index is 12.0. The lowest BCUT2D eigenvalue weighted by molar-refractivity contribution is -0.121. The molecule has 0 saturated carbocycles. The largest absolute Gasteiger partial charge is 0.369 e. The van der Waals surface area contributed by atoms with Crippen LogP contribution in [0.5, 0.6) is 0 Å². The quantitative estimate of drug-likeness (QED) is 0.756. The van der Waals surface area contributed by atoms with E-state index in [9.17, 15) is 4.79 Å². The summed E-state index contributed by atoms with van der Waals surface area (Å²) in [7, 11) is 0. The van der Waals surface area contributed by atoms with E-state index in [0.717, 1.165) is 24.1 Å². The lowest BCUT2D eigenvalue weighted by Gasteiger charge is -2.28. The molecule has 1 amide bonds. The standard InChI is InChI=1S/C22H24N4O/c23-22-25-20-11-10-17-14-18(20)15-26(22)13-12-24-21(27)9-3-1-2-6-16-7-4-5-8-19(16)17/h2,4-8,10-11,14H,1,3,9,12-13,15H2,(H2,23,25)(H,24,27). The van der Waals surface area contributed by atoms with Crippen molar-refractivity contribution in [3.63, 3.8) is 0 Å². The number of aliphatic imine (C=N–C) groups is 1. The molecule has 5 heteroatoms. The number of fused-ring (bicyclic) bond motifs is 4. The highest BCUT2D eigenvalue weighted by Crippen LogP contribution is 2.32. The molecule has 0 aliphatic carbocycles. The Kier molecular flexibility index (Phi) is 4.92. The van der Waals surface area contributed by atoms with E-state index < -0.39 is 0 Å². The number of hydrogen-bond donors (Lipinski definition) is 2. The van der Waals surface area contributed by atoms with Crippen molar-refractivity contribution in [1.82, 2.24) is 10.2 Å². The third kappa shape index (κ3) is 3.87. The van der Waals surface area contributed by atoms with Gasteiger partial charge in [-0.1, -0.05) is 42.5 Å². The molecule has 2 heterocycles. The lowest BCUT2D eigenvalue weighted by Crippen LogP contribution is -2.43. The molecule has 3 bridgehead atoms. The van der Waals surface area contributed by atoms with Crippen LogP contribution in [-0.2, 0) is 11.3 Å². The predicted molar refractivity (Wildman–Crippen MR) is 109 cm³/mol. The topological polar surface area (TPSA) is 70.7 Å². The van der Waals surface area contributed by atoms with Crippen LogP contribution in [0.3, 0.4) is 0 Å². The molecule has 27 heavy (non-hydrogen) atoms. The molecule has 0 spiro atoms. The van der Waals surface area contributed by atoms with Crippen molar-refractivity contribution in [2.24, 2.45) is 10.7 Å². The van der Waals surface area contributed by atoms with Crippen LogP contribution in [0, 0.1) is 0 Å². The Morgan fingerprint density at radius 2 is 2.04 bits per heavy atom. The summed E-state index contributed by atoms with van der Waals surface area (Å²) in [6.07, 6.45) is 6.58. The summed E-state index contributed by atoms with van der Waals surface area (Å²) in [6, 6.07) is 14.8. The summed E-state index contributed by atoms with van der Waals surface area (Å²) in [5, 5.41) is 2.98. The van der Waals surface area contributed by atoms with Crippen LogP contribution < -0.4 is 11.1 Å². The zero-order valence-electron chi connectivity index (χ0n) is 15.3. The zero-order chi connectivity index (χ0) is 18.6. The summed E-state index contributed by atoms with van der Waals surface area (Å²) in [5.74, 6) is 0.597. The molecule has 3 N–H and O–H groups in total. The number of amides is 1. The van der Waals surface area contributed by atoms with Gasteiger partial charge in [0.1, 0.15) is 0 Å². The third-order valence-electron chi connectivity index (χ3n) is 5.05. The molecule has 138 valence electrons. The van der Waals surface area contributed by atoms with Gasteiger partial charge in [0.2, 0.25) is 5.91 Å². The second-order valence-electron chi connectivity index (χ2n) is 6.97. The van der Waals surface area contributed by atoms with Crippen LogP contribution in [-0.4, -0.2) is 29.9 Å². The molecule has 5 nitrogen and oxygen atoms in total. The Balaban J connectivity index is 1.74. The van der Waals surface area contributed by atoms with Crippen molar-refractivity contribution in [1.29, 1.82) is 0 Å². The summed E-state index contributed by atoms with van der Waals surface area (Å²) in [5.41, 5.74) is 11.8. The van der Waals surface area contributed by atoms with E-state index in [4.69, 9.17) is 5.73 Å². The fraction of sp³-hybridized carbons (Fsp3) is 0.273. The maximum absolute atomic E-state index is 12.0. The molecular weight excluding hydrogens is 336 g/mol. The molecular formula is C22H24N4O. The monoisotopic (exact) mass is 360 g/mol. The van der Waals surface area contributed by atoms with E-state index in [1.165, 1.54) is 16.7 Å². The van der Waals surface area contributed by atoms with Crippen molar-refractivity contribution in [2.45, 2.75) is 25.8 Å². The minimum Gasteiger partial charge on any atom is -0.369 e. The van der Waals surface area contributed by atoms with E-state index in [2.05, 4.69) is 58.9 Å². The summed E-state index contributed by atoms with van der Waals surface area (Å²) >= 11 is 0. The number of nitrogens with two attached hydrogens (primary N) is 1. The van der Waals surface area contributed by atoms with Crippen molar-refractivity contribution in [2.75, 3.05) is 13.1 Å². The normalized spacial score (nSPS) is 17.3. The Morgan fingerprint density at radius 3 is 2.96 bits per heavy atom. The van der Waals surface area contributed by atoms with Crippen molar-refractivity contribution in [3.05, 3.63) is 59.7 Å². The van der Waals surface area contributed by atoms with Gasteiger partial charge in [0.05, 0.1) is 5.69 Å². The van der Waals surface area contributed by atoms with Crippen LogP contribution in [0.25, 0.3) is 17.2 Å². The van der Waals surface area contributed by atoms with Crippen LogP contribution in [0.2, 0.25) is 0 Å². The summed E-state index contributed by atoms with van der Waals surface area (Å²) in [4.78, 5) is 18.6. The van der Waals surface area contributed by atoms with Gasteiger partial charge in [0, 0.05) is 26.1 Å². The molecule has 2 aliphatic rings. The van der Waals surface area contributed by atoms with Crippen LogP contribution >= 0.6 is 0 Å². The molecule has 0 unspecified atom stereocenters. The average molecular weight is 360 g/mol. The molecule has 0 atom stereocenters. The molecule has 4 rings (SSSR count). The van der Waals surface area contributed by atoms with E-state index in [-0.39, 0.29) is 5.91 Å². The number of allylic oxidation sites excluding steroid dienone is 1. The van der Waals surface area contributed by atoms with Gasteiger partial charge < -0.3 is 16.0 Å². The number of benzene rings is 2. The Labute approximate surface area is 159 Å². The van der Waals surface area contributed by atoms with Gasteiger partial charge in [0.15, 0.2) is 5.96 Å². The van der Waals surface area contributed by atoms with Crippen molar-refractivity contribution >= 4 is 23.6 Å². The van der Waals surface area contributed by atoms with E-state index in [1.807, 2.05) is 11.0 Å². The molecule has 2 aromatic carbocycles. The van der Waals surface area contributed by atoms with E-state index >= 15 is 0 Å². The van der Waals surface area contributed by atoms with E-state index in [0.29, 0.717) is 32.0 Å². The smallest absolute Gasteiger partial charge is 0.220 e. The van der Waals surface area contributed by atoms with E-state index in [1.54, 1.807) is 0 Å². The van der Waals surface area contributed by atoms with Gasteiger partial charge in [-0.2, -0.15) is 0 Å². The highest BCUT2D eigenvalue weighted by atomic mass is 16.1. The van der Waals surface area contributed by atoms with Gasteiger partial charge in [0.25, 0.3) is 0 Å². The predicted octanol–water partition coefficient (Wildman–Crippen LogP) is 3.43. The Hall–Kier alpha value is -3.08. The number of nitrogens with zero attached hydrogens (tertiary/aromatic N) is 2. The number of nitrogens with one attached hydrogen (secondary N) is 1. The molecule has 0 radical (unpaired) electrons. The van der Waals surface area contributed by atoms with Crippen molar-refractivity contribution in [3.8, 4) is 11.1 Å². The van der Waals surface area contributed by atoms with Gasteiger partial charge in [-0.05, 0) is 47.2 Å². The number of guanidine groups is 1. The molecule has 0 aromatic heterocycles. The fourth-order valence-corrected chi connectivity index (χ4v) is 3.58. The average Bonchev–Trinajstić information content (AvgIpc) is 2.67. The minimum atomic E-state index is 0.0890. The summed E-state index contributed by atoms with van der Waals surface area (Å²) < 4.78 is 0. The first-order valence-corrected chi connectivity index (χ1v) is 9.45. The van der Waals surface area contributed by atoms with Gasteiger partial charge in [-0.15, -0.1) is 0 Å². The van der Waals surface area contributed by atoms with Gasteiger partial charge in [-0.3, -0.25) is 4.79 Å². The van der Waals surface area contributed by atoms with Gasteiger partial charge in [-0.25, -0.2) is 4.99 Å². The first kappa shape index (κ1) is 17.3. The Bertz CT molecular complexity index is 916. The van der Waals surface area contributed by atoms with Gasteiger partial charge >= 0.3 is 0 Å². The SMILES string of the molecule is NC1=Nc2ccc3cc2CN1CCNC(=O)CCCC=Cc1ccccc1-3. The first-order chi connectivity index (χ1) is 13.2. The second-order valence-corrected chi connectivity index (χ2v) is 6.97. The summed E-state index contributed by atoms with van der Waals surface area (Å²) in [6.45, 7) is 1.93. The Morgan fingerprint density at radius 1 is 1.15 bits per heavy atom. The highest BCUT2D eigenvalue weighted by molar-refractivity contribution is 5.85. The third-order valence-corrected chi connectivity index (χ3v) is 5.05. The van der Waals surface area contributed by atoms with Crippen LogP contribution in [0.4, 0.5) is 5.69 Å². The second kappa shape index (κ2) is 7.66. The first-order valence-electron chi connectivity index (χ1n) is 9.45. The molecule has 0 fully saturated rings. The molecule has 0 saturated heterocycles. The number of rotatable bonds is 0. The number of carbonyl (C=O) groups excluding carboxylic acids is 1.